The summed E-state index contributed by atoms with van der Waals surface area (Å²) in [6.45, 7) is 0.576. The van der Waals surface area contributed by atoms with Gasteiger partial charge in [0, 0.05) is 18.0 Å². The summed E-state index contributed by atoms with van der Waals surface area (Å²) in [4.78, 5) is 15.9. The Balaban J connectivity index is 1.45. The molecule has 0 radical (unpaired) electrons. The molecule has 3 rings (SSSR count). The van der Waals surface area contributed by atoms with Crippen LogP contribution >= 0.6 is 11.8 Å². The number of anilines is 1. The van der Waals surface area contributed by atoms with Gasteiger partial charge >= 0.3 is 6.03 Å². The molecule has 21 heavy (non-hydrogen) atoms. The first-order valence-corrected chi connectivity index (χ1v) is 7.95. The van der Waals surface area contributed by atoms with Crippen molar-refractivity contribution in [1.82, 2.24) is 20.5 Å². The highest BCUT2D eigenvalue weighted by Gasteiger charge is 2.15. The van der Waals surface area contributed by atoms with Crippen molar-refractivity contribution >= 4 is 23.5 Å². The second-order valence-electron chi connectivity index (χ2n) is 4.82. The summed E-state index contributed by atoms with van der Waals surface area (Å²) in [6, 6.07) is 5.94. The number of hydrogen-bond acceptors (Lipinski definition) is 4. The standard InChI is InChI=1S/C14H17N5OS/c20-13(15-7-8-21-14-16-9-17-19-14)18-12-6-2-4-10-3-1-5-11(10)12/h2,4,6,9H,1,3,5,7-8H2,(H2,15,18,20)(H,16,17,19). The van der Waals surface area contributed by atoms with Gasteiger partial charge in [-0.3, -0.25) is 5.10 Å². The molecular formula is C14H17N5OS. The topological polar surface area (TPSA) is 82.7 Å². The largest absolute Gasteiger partial charge is 0.337 e. The summed E-state index contributed by atoms with van der Waals surface area (Å²) in [5, 5.41) is 13.1. The molecule has 0 spiro atoms. The van der Waals surface area contributed by atoms with E-state index in [2.05, 4.69) is 31.9 Å². The summed E-state index contributed by atoms with van der Waals surface area (Å²) < 4.78 is 0. The van der Waals surface area contributed by atoms with Crippen molar-refractivity contribution in [1.29, 1.82) is 0 Å². The molecule has 0 atom stereocenters. The van der Waals surface area contributed by atoms with E-state index in [1.807, 2.05) is 12.1 Å². The second-order valence-corrected chi connectivity index (χ2v) is 5.90. The molecule has 0 saturated carbocycles. The van der Waals surface area contributed by atoms with Gasteiger partial charge in [0.1, 0.15) is 6.33 Å². The molecular weight excluding hydrogens is 286 g/mol. The van der Waals surface area contributed by atoms with E-state index in [1.54, 1.807) is 0 Å². The maximum absolute atomic E-state index is 11.9. The Morgan fingerprint density at radius 3 is 3.19 bits per heavy atom. The zero-order chi connectivity index (χ0) is 14.5. The van der Waals surface area contributed by atoms with Crippen LogP contribution in [0.3, 0.4) is 0 Å². The van der Waals surface area contributed by atoms with Gasteiger partial charge in [0.2, 0.25) is 0 Å². The lowest BCUT2D eigenvalue weighted by molar-refractivity contribution is 0.252. The van der Waals surface area contributed by atoms with Gasteiger partial charge in [-0.05, 0) is 36.5 Å². The fourth-order valence-corrected chi connectivity index (χ4v) is 3.12. The smallest absolute Gasteiger partial charge is 0.319 e. The van der Waals surface area contributed by atoms with E-state index in [0.29, 0.717) is 6.54 Å². The number of amides is 2. The molecule has 1 aromatic heterocycles. The Kier molecular flexibility index (Phi) is 4.40. The number of aryl methyl sites for hydroxylation is 1. The molecule has 2 amide bonds. The number of carbonyl (C=O) groups is 1. The maximum atomic E-state index is 11.9. The number of hydrogen-bond donors (Lipinski definition) is 3. The van der Waals surface area contributed by atoms with Crippen molar-refractivity contribution in [2.45, 2.75) is 24.4 Å². The van der Waals surface area contributed by atoms with Crippen LogP contribution in [0, 0.1) is 0 Å². The first kappa shape index (κ1) is 13.9. The van der Waals surface area contributed by atoms with Gasteiger partial charge in [-0.25, -0.2) is 9.78 Å². The van der Waals surface area contributed by atoms with Crippen LogP contribution < -0.4 is 10.6 Å². The van der Waals surface area contributed by atoms with Gasteiger partial charge in [0.25, 0.3) is 0 Å². The molecule has 0 fully saturated rings. The molecule has 0 unspecified atom stereocenters. The van der Waals surface area contributed by atoms with E-state index in [0.717, 1.165) is 29.4 Å². The van der Waals surface area contributed by atoms with E-state index < -0.39 is 0 Å². The van der Waals surface area contributed by atoms with Crippen molar-refractivity contribution in [3.8, 4) is 0 Å². The van der Waals surface area contributed by atoms with Crippen LogP contribution in [-0.2, 0) is 12.8 Å². The van der Waals surface area contributed by atoms with Gasteiger partial charge in [0.15, 0.2) is 5.16 Å². The number of carbonyl (C=O) groups excluding carboxylic acids is 1. The molecule has 1 heterocycles. The first-order chi connectivity index (χ1) is 10.3. The van der Waals surface area contributed by atoms with Crippen LogP contribution in [-0.4, -0.2) is 33.5 Å². The van der Waals surface area contributed by atoms with Gasteiger partial charge in [-0.15, -0.1) is 0 Å². The third kappa shape index (κ3) is 3.55. The van der Waals surface area contributed by atoms with E-state index >= 15 is 0 Å². The molecule has 6 nitrogen and oxygen atoms in total. The molecule has 3 N–H and O–H groups in total. The second kappa shape index (κ2) is 6.62. The number of fused-ring (bicyclic) bond motifs is 1. The molecule has 1 aliphatic rings. The minimum Gasteiger partial charge on any atom is -0.337 e. The maximum Gasteiger partial charge on any atom is 0.319 e. The number of thioether (sulfide) groups is 1. The van der Waals surface area contributed by atoms with Crippen molar-refractivity contribution in [2.75, 3.05) is 17.6 Å². The molecule has 110 valence electrons. The number of nitrogens with one attached hydrogen (secondary N) is 3. The number of urea groups is 1. The van der Waals surface area contributed by atoms with E-state index in [9.17, 15) is 4.79 Å². The highest BCUT2D eigenvalue weighted by molar-refractivity contribution is 7.99. The predicted molar refractivity (Wildman–Crippen MR) is 82.6 cm³/mol. The predicted octanol–water partition coefficient (Wildman–Crippen LogP) is 2.21. The molecule has 0 aliphatic heterocycles. The van der Waals surface area contributed by atoms with Crippen molar-refractivity contribution in [3.05, 3.63) is 35.7 Å². The molecule has 0 saturated heterocycles. The van der Waals surface area contributed by atoms with E-state index in [4.69, 9.17) is 0 Å². The Morgan fingerprint density at radius 1 is 1.38 bits per heavy atom. The number of aromatic nitrogens is 3. The monoisotopic (exact) mass is 303 g/mol. The average molecular weight is 303 g/mol. The zero-order valence-electron chi connectivity index (χ0n) is 11.6. The van der Waals surface area contributed by atoms with Gasteiger partial charge in [-0.1, -0.05) is 23.9 Å². The summed E-state index contributed by atoms with van der Waals surface area (Å²) >= 11 is 1.52. The highest BCUT2D eigenvalue weighted by atomic mass is 32.2. The fourth-order valence-electron chi connectivity index (χ4n) is 2.48. The molecule has 2 aromatic rings. The van der Waals surface area contributed by atoms with Crippen LogP contribution in [0.15, 0.2) is 29.7 Å². The Morgan fingerprint density at radius 2 is 2.33 bits per heavy atom. The van der Waals surface area contributed by atoms with Gasteiger partial charge in [-0.2, -0.15) is 5.10 Å². The van der Waals surface area contributed by atoms with Crippen molar-refractivity contribution < 1.29 is 4.79 Å². The SMILES string of the molecule is O=C(NCCSc1ncn[nH]1)Nc1cccc2c1CCC2. The Hall–Kier alpha value is -2.02. The Labute approximate surface area is 127 Å². The average Bonchev–Trinajstić information content (AvgIpc) is 3.15. The van der Waals surface area contributed by atoms with Crippen LogP contribution in [0.2, 0.25) is 0 Å². The lowest BCUT2D eigenvalue weighted by Crippen LogP contribution is -2.30. The molecule has 1 aromatic carbocycles. The third-order valence-electron chi connectivity index (χ3n) is 3.41. The van der Waals surface area contributed by atoms with Gasteiger partial charge < -0.3 is 10.6 Å². The number of nitrogens with zero attached hydrogens (tertiary/aromatic N) is 2. The lowest BCUT2D eigenvalue weighted by Gasteiger charge is -2.11. The number of H-pyrrole nitrogens is 1. The summed E-state index contributed by atoms with van der Waals surface area (Å²) in [6.07, 6.45) is 4.80. The van der Waals surface area contributed by atoms with Crippen LogP contribution in [0.5, 0.6) is 0 Å². The van der Waals surface area contributed by atoms with Crippen molar-refractivity contribution in [2.24, 2.45) is 0 Å². The normalized spacial score (nSPS) is 13.0. The van der Waals surface area contributed by atoms with Crippen LogP contribution in [0.25, 0.3) is 0 Å². The number of rotatable bonds is 5. The minimum atomic E-state index is -0.159. The summed E-state index contributed by atoms with van der Waals surface area (Å²) in [5.41, 5.74) is 3.57. The fraction of sp³-hybridized carbons (Fsp3) is 0.357. The third-order valence-corrected chi connectivity index (χ3v) is 4.29. The van der Waals surface area contributed by atoms with Crippen molar-refractivity contribution in [3.63, 3.8) is 0 Å². The lowest BCUT2D eigenvalue weighted by atomic mass is 10.1. The van der Waals surface area contributed by atoms with E-state index in [1.165, 1.54) is 35.6 Å². The minimum absolute atomic E-state index is 0.159. The van der Waals surface area contributed by atoms with Crippen LogP contribution in [0.4, 0.5) is 10.5 Å². The van der Waals surface area contributed by atoms with Crippen LogP contribution in [0.1, 0.15) is 17.5 Å². The van der Waals surface area contributed by atoms with Gasteiger partial charge in [0.05, 0.1) is 0 Å². The number of benzene rings is 1. The molecule has 1 aliphatic carbocycles. The summed E-state index contributed by atoms with van der Waals surface area (Å²) in [7, 11) is 0. The molecule has 0 bridgehead atoms. The van der Waals surface area contributed by atoms with E-state index in [-0.39, 0.29) is 6.03 Å². The summed E-state index contributed by atoms with van der Waals surface area (Å²) in [5.74, 6) is 0.746. The highest BCUT2D eigenvalue weighted by Crippen LogP contribution is 2.28. The number of aromatic amines is 1. The molecule has 7 heteroatoms. The first-order valence-electron chi connectivity index (χ1n) is 6.97. The Bertz CT molecular complexity index is 614. The zero-order valence-corrected chi connectivity index (χ0v) is 12.4. The quantitative estimate of drug-likeness (QED) is 0.584.